The summed E-state index contributed by atoms with van der Waals surface area (Å²) < 4.78 is 5.93. The maximum Gasteiger partial charge on any atom is 0.323 e. The Balaban J connectivity index is 1.31. The van der Waals surface area contributed by atoms with Crippen molar-refractivity contribution in [3.63, 3.8) is 0 Å². The molecule has 2 unspecified atom stereocenters. The molecule has 2 fully saturated rings. The summed E-state index contributed by atoms with van der Waals surface area (Å²) in [4.78, 5) is 32.1. The van der Waals surface area contributed by atoms with Crippen molar-refractivity contribution in [1.29, 1.82) is 0 Å². The van der Waals surface area contributed by atoms with E-state index in [1.807, 2.05) is 24.3 Å². The number of nitrogens with zero attached hydrogens (tertiary/aromatic N) is 5. The van der Waals surface area contributed by atoms with Gasteiger partial charge in [0.1, 0.15) is 0 Å². The molecule has 2 aliphatic heterocycles. The van der Waals surface area contributed by atoms with Gasteiger partial charge in [0.15, 0.2) is 5.82 Å². The number of morpholine rings is 1. The first-order chi connectivity index (χ1) is 15.7. The first kappa shape index (κ1) is 20.1. The van der Waals surface area contributed by atoms with Gasteiger partial charge in [0.25, 0.3) is 0 Å². The maximum absolute atomic E-state index is 12.2. The van der Waals surface area contributed by atoms with Crippen molar-refractivity contribution in [2.45, 2.75) is 25.0 Å². The zero-order valence-electron chi connectivity index (χ0n) is 17.7. The Bertz CT molecular complexity index is 1080. The molecule has 0 aliphatic carbocycles. The van der Waals surface area contributed by atoms with Gasteiger partial charge >= 0.3 is 6.03 Å². The molecule has 0 radical (unpaired) electrons. The number of nitrogens with one attached hydrogen (secondary N) is 3. The number of hydrogen-bond donors (Lipinski definition) is 3. The molecule has 5 rings (SSSR count). The second-order valence-corrected chi connectivity index (χ2v) is 7.79. The van der Waals surface area contributed by atoms with Crippen LogP contribution in [0.3, 0.4) is 0 Å². The molecule has 10 heteroatoms. The molecular formula is C22H24N8O2. The Labute approximate surface area is 185 Å². The quantitative estimate of drug-likeness (QED) is 0.563. The fourth-order valence-electron chi connectivity index (χ4n) is 3.96. The van der Waals surface area contributed by atoms with E-state index in [-0.39, 0.29) is 18.2 Å². The molecular weight excluding hydrogens is 408 g/mol. The second kappa shape index (κ2) is 8.75. The van der Waals surface area contributed by atoms with Gasteiger partial charge in [-0.3, -0.25) is 4.98 Å². The number of pyridine rings is 1. The molecule has 2 aromatic heterocycles. The number of hydrogen-bond acceptors (Lipinski definition) is 8. The molecule has 1 aromatic carbocycles. The average Bonchev–Trinajstić information content (AvgIpc) is 3.17. The highest BCUT2D eigenvalue weighted by molar-refractivity contribution is 5.99. The van der Waals surface area contributed by atoms with E-state index in [2.05, 4.69) is 35.8 Å². The first-order valence-electron chi connectivity index (χ1n) is 10.6. The average molecular weight is 432 g/mol. The lowest BCUT2D eigenvalue weighted by Gasteiger charge is -2.32. The molecule has 2 atom stereocenters. The summed E-state index contributed by atoms with van der Waals surface area (Å²) in [6.07, 6.45) is 5.89. The molecule has 3 N–H and O–H groups in total. The number of carbonyl (C=O) groups is 1. The van der Waals surface area contributed by atoms with Crippen molar-refractivity contribution in [3.8, 4) is 11.4 Å². The second-order valence-electron chi connectivity index (χ2n) is 7.79. The monoisotopic (exact) mass is 432 g/mol. The fraction of sp³-hybridized carbons (Fsp3) is 0.318. The minimum atomic E-state index is -0.340. The van der Waals surface area contributed by atoms with Crippen LogP contribution in [0.15, 0.2) is 48.8 Å². The fourth-order valence-corrected chi connectivity index (χ4v) is 3.96. The summed E-state index contributed by atoms with van der Waals surface area (Å²) in [5.74, 6) is 1.74. The van der Waals surface area contributed by atoms with Crippen molar-refractivity contribution in [2.24, 2.45) is 0 Å². The predicted molar refractivity (Wildman–Crippen MR) is 122 cm³/mol. The van der Waals surface area contributed by atoms with E-state index in [9.17, 15) is 4.79 Å². The molecule has 3 aromatic rings. The molecule has 2 bridgehead atoms. The summed E-state index contributed by atoms with van der Waals surface area (Å²) in [5, 5.41) is 8.57. The SMILES string of the molecule is CNc1nc(-c2ccc(NC(=O)Nc3cccnc3)cc2)nc(N2CC3CCC(C2)O3)n1. The normalized spacial score (nSPS) is 19.5. The Hall–Kier alpha value is -3.79. The molecule has 2 saturated heterocycles. The molecule has 2 aliphatic rings. The molecule has 10 nitrogen and oxygen atoms in total. The van der Waals surface area contributed by atoms with Crippen LogP contribution >= 0.6 is 0 Å². The van der Waals surface area contributed by atoms with Gasteiger partial charge < -0.3 is 25.6 Å². The van der Waals surface area contributed by atoms with Gasteiger partial charge in [-0.05, 0) is 49.2 Å². The van der Waals surface area contributed by atoms with Crippen molar-refractivity contribution < 1.29 is 9.53 Å². The summed E-state index contributed by atoms with van der Waals surface area (Å²) in [6.45, 7) is 1.58. The zero-order valence-corrected chi connectivity index (χ0v) is 17.7. The van der Waals surface area contributed by atoms with Crippen LogP contribution in [-0.2, 0) is 4.74 Å². The van der Waals surface area contributed by atoms with E-state index >= 15 is 0 Å². The molecule has 0 saturated carbocycles. The predicted octanol–water partition coefficient (Wildman–Crippen LogP) is 2.99. The van der Waals surface area contributed by atoms with E-state index < -0.39 is 0 Å². The van der Waals surface area contributed by atoms with Crippen molar-refractivity contribution in [1.82, 2.24) is 19.9 Å². The highest BCUT2D eigenvalue weighted by atomic mass is 16.5. The number of amides is 2. The largest absolute Gasteiger partial charge is 0.371 e. The highest BCUT2D eigenvalue weighted by Gasteiger charge is 2.35. The third-order valence-electron chi connectivity index (χ3n) is 5.49. The molecule has 164 valence electrons. The van der Waals surface area contributed by atoms with Gasteiger partial charge in [-0.1, -0.05) is 0 Å². The van der Waals surface area contributed by atoms with Crippen molar-refractivity contribution in [2.75, 3.05) is 41.0 Å². The van der Waals surface area contributed by atoms with Crippen LogP contribution in [0.2, 0.25) is 0 Å². The van der Waals surface area contributed by atoms with Crippen LogP contribution in [0, 0.1) is 0 Å². The van der Waals surface area contributed by atoms with Gasteiger partial charge in [-0.2, -0.15) is 15.0 Å². The van der Waals surface area contributed by atoms with Gasteiger partial charge in [0.05, 0.1) is 24.1 Å². The van der Waals surface area contributed by atoms with Crippen LogP contribution in [0.1, 0.15) is 12.8 Å². The van der Waals surface area contributed by atoms with Gasteiger partial charge in [0, 0.05) is 37.6 Å². The highest BCUT2D eigenvalue weighted by Crippen LogP contribution is 2.29. The van der Waals surface area contributed by atoms with Crippen LogP contribution in [-0.4, -0.2) is 58.3 Å². The van der Waals surface area contributed by atoms with Gasteiger partial charge in [0.2, 0.25) is 11.9 Å². The smallest absolute Gasteiger partial charge is 0.323 e. The van der Waals surface area contributed by atoms with Gasteiger partial charge in [-0.25, -0.2) is 4.79 Å². The lowest BCUT2D eigenvalue weighted by molar-refractivity contribution is 0.0299. The van der Waals surface area contributed by atoms with E-state index in [1.165, 1.54) is 0 Å². The Kier molecular flexibility index (Phi) is 5.51. The number of urea groups is 1. The van der Waals surface area contributed by atoms with Crippen LogP contribution in [0.4, 0.5) is 28.1 Å². The number of ether oxygens (including phenoxy) is 1. The Morgan fingerprint density at radius 2 is 1.75 bits per heavy atom. The van der Waals surface area contributed by atoms with Crippen molar-refractivity contribution in [3.05, 3.63) is 48.8 Å². The number of fused-ring (bicyclic) bond motifs is 2. The third-order valence-corrected chi connectivity index (χ3v) is 5.49. The lowest BCUT2D eigenvalue weighted by atomic mass is 10.2. The third kappa shape index (κ3) is 4.45. The minimum absolute atomic E-state index is 0.246. The molecule has 0 spiro atoms. The molecule has 32 heavy (non-hydrogen) atoms. The number of carbonyl (C=O) groups excluding carboxylic acids is 1. The summed E-state index contributed by atoms with van der Waals surface area (Å²) >= 11 is 0. The zero-order chi connectivity index (χ0) is 21.9. The Morgan fingerprint density at radius 1 is 1.00 bits per heavy atom. The van der Waals surface area contributed by atoms with E-state index in [0.29, 0.717) is 29.1 Å². The topological polar surface area (TPSA) is 117 Å². The lowest BCUT2D eigenvalue weighted by Crippen LogP contribution is -2.43. The van der Waals surface area contributed by atoms with E-state index in [1.54, 1.807) is 31.6 Å². The van der Waals surface area contributed by atoms with Crippen LogP contribution in [0.5, 0.6) is 0 Å². The number of rotatable bonds is 5. The van der Waals surface area contributed by atoms with Gasteiger partial charge in [-0.15, -0.1) is 0 Å². The summed E-state index contributed by atoms with van der Waals surface area (Å²) in [5.41, 5.74) is 2.11. The number of anilines is 4. The maximum atomic E-state index is 12.2. The number of benzene rings is 1. The standard InChI is InChI=1S/C22H24N8O2/c1-23-20-27-19(28-21(29-20)30-12-17-8-9-18(13-30)32-17)14-4-6-15(7-5-14)25-22(31)26-16-3-2-10-24-11-16/h2-7,10-11,17-18H,8-9,12-13H2,1H3,(H2,25,26,31)(H,23,27,28,29). The summed E-state index contributed by atoms with van der Waals surface area (Å²) in [6, 6.07) is 10.6. The molecule has 2 amide bonds. The number of aromatic nitrogens is 4. The van der Waals surface area contributed by atoms with E-state index in [0.717, 1.165) is 31.5 Å². The van der Waals surface area contributed by atoms with E-state index in [4.69, 9.17) is 9.72 Å². The van der Waals surface area contributed by atoms with Crippen LogP contribution < -0.4 is 20.9 Å². The first-order valence-corrected chi connectivity index (χ1v) is 10.6. The molecule has 4 heterocycles. The Morgan fingerprint density at radius 3 is 2.44 bits per heavy atom. The van der Waals surface area contributed by atoms with Crippen molar-refractivity contribution >= 4 is 29.3 Å². The minimum Gasteiger partial charge on any atom is -0.371 e. The van der Waals surface area contributed by atoms with Crippen LogP contribution in [0.25, 0.3) is 11.4 Å². The summed E-state index contributed by atoms with van der Waals surface area (Å²) in [7, 11) is 1.79.